The predicted molar refractivity (Wildman–Crippen MR) is 88.4 cm³/mol. The summed E-state index contributed by atoms with van der Waals surface area (Å²) < 4.78 is 10.3. The normalized spacial score (nSPS) is 11.6. The molecule has 0 aliphatic carbocycles. The zero-order valence-electron chi connectivity index (χ0n) is 13.4. The smallest absolute Gasteiger partial charge is 0.338 e. The molecule has 25 heavy (non-hydrogen) atoms. The molecule has 0 spiro atoms. The maximum atomic E-state index is 12.3. The third-order valence-electron chi connectivity index (χ3n) is 3.46. The van der Waals surface area contributed by atoms with E-state index in [9.17, 15) is 9.59 Å². The van der Waals surface area contributed by atoms with Crippen LogP contribution in [0, 0.1) is 0 Å². The fourth-order valence-electron chi connectivity index (χ4n) is 2.19. The molecular weight excluding hydrogens is 322 g/mol. The first-order valence-electron chi connectivity index (χ1n) is 7.51. The van der Waals surface area contributed by atoms with Crippen molar-refractivity contribution in [2.45, 2.75) is 6.04 Å². The molecule has 0 bridgehead atoms. The van der Waals surface area contributed by atoms with Gasteiger partial charge in [-0.2, -0.15) is 0 Å². The van der Waals surface area contributed by atoms with Crippen molar-refractivity contribution >= 4 is 11.9 Å². The third kappa shape index (κ3) is 3.72. The van der Waals surface area contributed by atoms with Crippen molar-refractivity contribution < 1.29 is 18.7 Å². The highest BCUT2D eigenvalue weighted by Crippen LogP contribution is 2.21. The molecule has 0 unspecified atom stereocenters. The number of aromatic nitrogens is 2. The van der Waals surface area contributed by atoms with Crippen LogP contribution in [0.5, 0.6) is 0 Å². The molecule has 126 valence electrons. The molecule has 0 aliphatic heterocycles. The van der Waals surface area contributed by atoms with Crippen molar-refractivity contribution in [3.05, 3.63) is 72.1 Å². The summed E-state index contributed by atoms with van der Waals surface area (Å²) >= 11 is 0. The molecule has 7 heteroatoms. The highest BCUT2D eigenvalue weighted by Gasteiger charge is 2.29. The molecular formula is C18H15N3O4. The maximum absolute atomic E-state index is 12.3. The highest BCUT2D eigenvalue weighted by atomic mass is 16.5. The highest BCUT2D eigenvalue weighted by molar-refractivity contribution is 5.96. The van der Waals surface area contributed by atoms with Crippen LogP contribution in [0.4, 0.5) is 0 Å². The van der Waals surface area contributed by atoms with E-state index in [1.165, 1.54) is 7.11 Å². The van der Waals surface area contributed by atoms with E-state index in [0.717, 1.165) is 0 Å². The summed E-state index contributed by atoms with van der Waals surface area (Å²) in [4.78, 5) is 24.4. The summed E-state index contributed by atoms with van der Waals surface area (Å²) in [7, 11) is 1.22. The number of ether oxygens (including phenoxy) is 1. The van der Waals surface area contributed by atoms with E-state index in [0.29, 0.717) is 11.1 Å². The van der Waals surface area contributed by atoms with E-state index in [-0.39, 0.29) is 11.8 Å². The number of amides is 1. The Morgan fingerprint density at radius 3 is 2.28 bits per heavy atom. The lowest BCUT2D eigenvalue weighted by molar-refractivity contribution is -0.143. The van der Waals surface area contributed by atoms with Crippen molar-refractivity contribution in [1.82, 2.24) is 15.5 Å². The lowest BCUT2D eigenvalue weighted by Crippen LogP contribution is -2.34. The molecule has 1 aromatic heterocycles. The van der Waals surface area contributed by atoms with Gasteiger partial charge in [-0.25, -0.2) is 4.79 Å². The fourth-order valence-corrected chi connectivity index (χ4v) is 2.19. The van der Waals surface area contributed by atoms with Crippen LogP contribution >= 0.6 is 0 Å². The van der Waals surface area contributed by atoms with E-state index in [4.69, 9.17) is 9.15 Å². The Labute approximate surface area is 143 Å². The average molecular weight is 337 g/mol. The van der Waals surface area contributed by atoms with Crippen LogP contribution in [0.1, 0.15) is 22.3 Å². The van der Waals surface area contributed by atoms with Gasteiger partial charge in [0.2, 0.25) is 11.9 Å². The first-order chi connectivity index (χ1) is 12.2. The van der Waals surface area contributed by atoms with Crippen LogP contribution in [-0.2, 0) is 9.53 Å². The Morgan fingerprint density at radius 2 is 1.64 bits per heavy atom. The van der Waals surface area contributed by atoms with Gasteiger partial charge in [-0.05, 0) is 24.3 Å². The molecule has 2 aromatic carbocycles. The third-order valence-corrected chi connectivity index (χ3v) is 3.46. The lowest BCUT2D eigenvalue weighted by Gasteiger charge is -2.12. The fraction of sp³-hybridized carbons (Fsp3) is 0.111. The second-order valence-corrected chi connectivity index (χ2v) is 5.11. The summed E-state index contributed by atoms with van der Waals surface area (Å²) in [6.07, 6.45) is 0. The number of nitrogens with one attached hydrogen (secondary N) is 1. The number of methoxy groups -OCH3 is 1. The zero-order valence-corrected chi connectivity index (χ0v) is 13.4. The van der Waals surface area contributed by atoms with Gasteiger partial charge in [-0.1, -0.05) is 36.4 Å². The van der Waals surface area contributed by atoms with Crippen LogP contribution in [0.3, 0.4) is 0 Å². The molecule has 1 amide bonds. The van der Waals surface area contributed by atoms with Crippen molar-refractivity contribution in [1.29, 1.82) is 0 Å². The van der Waals surface area contributed by atoms with Crippen molar-refractivity contribution in [2.75, 3.05) is 7.11 Å². The quantitative estimate of drug-likeness (QED) is 0.718. The van der Waals surface area contributed by atoms with E-state index < -0.39 is 17.9 Å². The molecule has 1 N–H and O–H groups in total. The number of hydrogen-bond acceptors (Lipinski definition) is 6. The average Bonchev–Trinajstić information content (AvgIpc) is 3.16. The monoisotopic (exact) mass is 337 g/mol. The van der Waals surface area contributed by atoms with E-state index in [2.05, 4.69) is 15.5 Å². The minimum atomic E-state index is -1.19. The van der Waals surface area contributed by atoms with E-state index in [1.54, 1.807) is 42.5 Å². The van der Waals surface area contributed by atoms with Crippen molar-refractivity contribution in [2.24, 2.45) is 0 Å². The van der Waals surface area contributed by atoms with Crippen molar-refractivity contribution in [3.63, 3.8) is 0 Å². The lowest BCUT2D eigenvalue weighted by atomic mass is 10.2. The molecule has 3 rings (SSSR count). The Hall–Kier alpha value is -3.48. The molecule has 1 atom stereocenters. The van der Waals surface area contributed by atoms with Gasteiger partial charge >= 0.3 is 5.97 Å². The first kappa shape index (κ1) is 16.4. The summed E-state index contributed by atoms with van der Waals surface area (Å²) in [5.74, 6) is -0.948. The van der Waals surface area contributed by atoms with Gasteiger partial charge in [0, 0.05) is 11.1 Å². The summed E-state index contributed by atoms with van der Waals surface area (Å²) in [6, 6.07) is 16.4. The molecule has 7 nitrogen and oxygen atoms in total. The Balaban J connectivity index is 1.85. The minimum absolute atomic E-state index is 0.0463. The van der Waals surface area contributed by atoms with Gasteiger partial charge in [0.05, 0.1) is 7.11 Å². The number of esters is 1. The standard InChI is InChI=1S/C18H15N3O4/c1-24-18(23)14(19-15(22)12-8-4-2-5-9-12)17-21-20-16(25-17)13-10-6-3-7-11-13/h2-11,14H,1H3,(H,19,22)/t14-/m0/s1. The van der Waals surface area contributed by atoms with E-state index in [1.807, 2.05) is 18.2 Å². The first-order valence-corrected chi connectivity index (χ1v) is 7.51. The topological polar surface area (TPSA) is 94.3 Å². The van der Waals surface area contributed by atoms with Gasteiger partial charge in [-0.15, -0.1) is 10.2 Å². The Kier molecular flexibility index (Phi) is 4.84. The number of carbonyl (C=O) groups is 2. The molecule has 0 saturated carbocycles. The minimum Gasteiger partial charge on any atom is -0.467 e. The van der Waals surface area contributed by atoms with Gasteiger partial charge in [-0.3, -0.25) is 4.79 Å². The number of carbonyl (C=O) groups excluding carboxylic acids is 2. The zero-order chi connectivity index (χ0) is 17.6. The largest absolute Gasteiger partial charge is 0.467 e. The molecule has 0 saturated heterocycles. The molecule has 0 radical (unpaired) electrons. The maximum Gasteiger partial charge on any atom is 0.338 e. The number of nitrogens with zero attached hydrogens (tertiary/aromatic N) is 2. The molecule has 0 fully saturated rings. The second-order valence-electron chi connectivity index (χ2n) is 5.11. The second kappa shape index (κ2) is 7.39. The predicted octanol–water partition coefficient (Wildman–Crippen LogP) is 2.38. The summed E-state index contributed by atoms with van der Waals surface area (Å²) in [5, 5.41) is 10.4. The summed E-state index contributed by atoms with van der Waals surface area (Å²) in [6.45, 7) is 0. The number of rotatable bonds is 5. The molecule has 0 aliphatic rings. The molecule has 3 aromatic rings. The molecule has 1 heterocycles. The van der Waals surface area contributed by atoms with Crippen LogP contribution in [0.15, 0.2) is 65.1 Å². The van der Waals surface area contributed by atoms with Crippen LogP contribution in [0.25, 0.3) is 11.5 Å². The SMILES string of the molecule is COC(=O)[C@@H](NC(=O)c1ccccc1)c1nnc(-c2ccccc2)o1. The van der Waals surface area contributed by atoms with Crippen LogP contribution < -0.4 is 5.32 Å². The van der Waals surface area contributed by atoms with Gasteiger partial charge in [0.15, 0.2) is 0 Å². The van der Waals surface area contributed by atoms with E-state index >= 15 is 0 Å². The van der Waals surface area contributed by atoms with Gasteiger partial charge in [0.25, 0.3) is 11.8 Å². The van der Waals surface area contributed by atoms with Crippen LogP contribution in [0.2, 0.25) is 0 Å². The number of hydrogen-bond donors (Lipinski definition) is 1. The van der Waals surface area contributed by atoms with Gasteiger partial charge in [0.1, 0.15) is 0 Å². The number of benzene rings is 2. The Bertz CT molecular complexity index is 862. The van der Waals surface area contributed by atoms with Gasteiger partial charge < -0.3 is 14.5 Å². The Morgan fingerprint density at radius 1 is 1.00 bits per heavy atom. The van der Waals surface area contributed by atoms with Crippen LogP contribution in [-0.4, -0.2) is 29.2 Å². The summed E-state index contributed by atoms with van der Waals surface area (Å²) in [5.41, 5.74) is 1.11. The van der Waals surface area contributed by atoms with Crippen molar-refractivity contribution in [3.8, 4) is 11.5 Å².